The molecule has 4 heteroatoms. The summed E-state index contributed by atoms with van der Waals surface area (Å²) >= 11 is 0. The predicted molar refractivity (Wildman–Crippen MR) is 51.5 cm³/mol. The second kappa shape index (κ2) is 5.01. The number of hydrogen-bond donors (Lipinski definition) is 1. The van der Waals surface area contributed by atoms with Crippen LogP contribution in [0.3, 0.4) is 0 Å². The van der Waals surface area contributed by atoms with Gasteiger partial charge >= 0.3 is 5.97 Å². The van der Waals surface area contributed by atoms with Gasteiger partial charge in [-0.3, -0.25) is 4.79 Å². The number of methoxy groups -OCH3 is 1. The van der Waals surface area contributed by atoms with Gasteiger partial charge < -0.3 is 9.94 Å². The van der Waals surface area contributed by atoms with E-state index in [1.54, 1.807) is 24.3 Å². The largest absolute Gasteiger partial charge is 0.468 e. The molecule has 1 N–H and O–H groups in total. The normalized spacial score (nSPS) is 12.6. The summed E-state index contributed by atoms with van der Waals surface area (Å²) in [6.07, 6.45) is 1.14. The number of carbonyl (C=O) groups excluding carboxylic acids is 1. The van der Waals surface area contributed by atoms with Crippen LogP contribution in [0.1, 0.15) is 11.5 Å². The van der Waals surface area contributed by atoms with E-state index in [-0.39, 0.29) is 0 Å². The van der Waals surface area contributed by atoms with Crippen LogP contribution in [0.15, 0.2) is 35.5 Å². The fourth-order valence-corrected chi connectivity index (χ4v) is 1.14. The molecule has 74 valence electrons. The Morgan fingerprint density at radius 3 is 2.64 bits per heavy atom. The zero-order chi connectivity index (χ0) is 10.4. The number of benzene rings is 1. The maximum Gasteiger partial charge on any atom is 0.318 e. The molecule has 1 rings (SSSR count). The van der Waals surface area contributed by atoms with Crippen molar-refractivity contribution in [2.24, 2.45) is 5.16 Å². The summed E-state index contributed by atoms with van der Waals surface area (Å²) in [5.74, 6) is -1.10. The van der Waals surface area contributed by atoms with Gasteiger partial charge in [-0.25, -0.2) is 0 Å². The quantitative estimate of drug-likeness (QED) is 0.341. The molecule has 0 amide bonds. The molecule has 4 nitrogen and oxygen atoms in total. The lowest BCUT2D eigenvalue weighted by Gasteiger charge is -2.08. The van der Waals surface area contributed by atoms with Gasteiger partial charge in [-0.2, -0.15) is 0 Å². The summed E-state index contributed by atoms with van der Waals surface area (Å²) in [7, 11) is 1.30. The smallest absolute Gasteiger partial charge is 0.318 e. The third-order valence-electron chi connectivity index (χ3n) is 1.83. The van der Waals surface area contributed by atoms with Crippen molar-refractivity contribution in [1.82, 2.24) is 0 Å². The van der Waals surface area contributed by atoms with Crippen molar-refractivity contribution in [3.05, 3.63) is 35.9 Å². The van der Waals surface area contributed by atoms with Gasteiger partial charge in [-0.05, 0) is 5.56 Å². The molecule has 1 aromatic carbocycles. The van der Waals surface area contributed by atoms with Crippen molar-refractivity contribution >= 4 is 12.2 Å². The van der Waals surface area contributed by atoms with Crippen LogP contribution < -0.4 is 0 Å². The van der Waals surface area contributed by atoms with Crippen molar-refractivity contribution in [2.75, 3.05) is 7.11 Å². The lowest BCUT2D eigenvalue weighted by molar-refractivity contribution is -0.140. The van der Waals surface area contributed by atoms with Crippen LogP contribution in [0.25, 0.3) is 0 Å². The van der Waals surface area contributed by atoms with Crippen LogP contribution in [0.2, 0.25) is 0 Å². The van der Waals surface area contributed by atoms with Gasteiger partial charge in [0.1, 0.15) is 5.92 Å². The molecule has 1 atom stereocenters. The standard InChI is InChI=1S/C10H11NO3/c1-14-10(12)9(7-11-13)8-5-3-2-4-6-8/h2-7,9,13H,1H3. The van der Waals surface area contributed by atoms with Gasteiger partial charge in [0.05, 0.1) is 13.3 Å². The van der Waals surface area contributed by atoms with E-state index < -0.39 is 11.9 Å². The summed E-state index contributed by atoms with van der Waals surface area (Å²) in [6.45, 7) is 0. The Hall–Kier alpha value is -1.84. The van der Waals surface area contributed by atoms with Gasteiger partial charge in [-0.1, -0.05) is 30.3 Å². The highest BCUT2D eigenvalue weighted by molar-refractivity contribution is 5.95. The van der Waals surface area contributed by atoms with Crippen LogP contribution >= 0.6 is 0 Å². The van der Waals surface area contributed by atoms with Gasteiger partial charge in [-0.15, -0.1) is 5.16 Å². The lowest BCUT2D eigenvalue weighted by atomic mass is 10.0. The van der Waals surface area contributed by atoms with Gasteiger partial charge in [0.15, 0.2) is 0 Å². The molecular weight excluding hydrogens is 182 g/mol. The molecule has 0 saturated heterocycles. The van der Waals surface area contributed by atoms with E-state index in [4.69, 9.17) is 5.21 Å². The molecule has 0 aliphatic carbocycles. The third-order valence-corrected chi connectivity index (χ3v) is 1.83. The Labute approximate surface area is 81.8 Å². The Morgan fingerprint density at radius 1 is 1.50 bits per heavy atom. The lowest BCUT2D eigenvalue weighted by Crippen LogP contribution is -2.15. The summed E-state index contributed by atoms with van der Waals surface area (Å²) in [4.78, 5) is 11.3. The van der Waals surface area contributed by atoms with Crippen molar-refractivity contribution in [3.63, 3.8) is 0 Å². The summed E-state index contributed by atoms with van der Waals surface area (Å²) in [6, 6.07) is 8.98. The molecule has 1 aromatic rings. The Morgan fingerprint density at radius 2 is 2.14 bits per heavy atom. The molecule has 0 heterocycles. The molecule has 0 saturated carbocycles. The van der Waals surface area contributed by atoms with Crippen LogP contribution in [-0.4, -0.2) is 24.5 Å². The number of hydrogen-bond acceptors (Lipinski definition) is 4. The van der Waals surface area contributed by atoms with Crippen molar-refractivity contribution < 1.29 is 14.7 Å². The number of ether oxygens (including phenoxy) is 1. The summed E-state index contributed by atoms with van der Waals surface area (Å²) in [5.41, 5.74) is 0.733. The number of esters is 1. The van der Waals surface area contributed by atoms with Crippen molar-refractivity contribution in [2.45, 2.75) is 5.92 Å². The zero-order valence-electron chi connectivity index (χ0n) is 7.75. The van der Waals surface area contributed by atoms with Crippen LogP contribution in [0.4, 0.5) is 0 Å². The second-order valence-electron chi connectivity index (χ2n) is 2.68. The van der Waals surface area contributed by atoms with E-state index in [0.29, 0.717) is 0 Å². The highest BCUT2D eigenvalue weighted by Gasteiger charge is 2.18. The van der Waals surface area contributed by atoms with Gasteiger partial charge in [0, 0.05) is 0 Å². The highest BCUT2D eigenvalue weighted by atomic mass is 16.5. The molecule has 0 fully saturated rings. The summed E-state index contributed by atoms with van der Waals surface area (Å²) < 4.78 is 4.58. The first-order valence-corrected chi connectivity index (χ1v) is 4.10. The average Bonchev–Trinajstić information content (AvgIpc) is 2.26. The molecular formula is C10H11NO3. The van der Waals surface area contributed by atoms with E-state index in [0.717, 1.165) is 11.8 Å². The van der Waals surface area contributed by atoms with Crippen molar-refractivity contribution in [1.29, 1.82) is 0 Å². The van der Waals surface area contributed by atoms with Crippen LogP contribution in [0.5, 0.6) is 0 Å². The topological polar surface area (TPSA) is 58.9 Å². The minimum absolute atomic E-state index is 0.450. The average molecular weight is 193 g/mol. The minimum Gasteiger partial charge on any atom is -0.468 e. The number of nitrogens with zero attached hydrogens (tertiary/aromatic N) is 1. The van der Waals surface area contributed by atoms with E-state index in [1.807, 2.05) is 6.07 Å². The predicted octanol–water partition coefficient (Wildman–Crippen LogP) is 1.40. The van der Waals surface area contributed by atoms with Gasteiger partial charge in [0.2, 0.25) is 0 Å². The fourth-order valence-electron chi connectivity index (χ4n) is 1.14. The van der Waals surface area contributed by atoms with Crippen LogP contribution in [0, 0.1) is 0 Å². The Balaban J connectivity index is 2.94. The Bertz CT molecular complexity index is 321. The first-order chi connectivity index (χ1) is 6.79. The molecule has 0 radical (unpaired) electrons. The monoisotopic (exact) mass is 193 g/mol. The molecule has 14 heavy (non-hydrogen) atoms. The molecule has 0 bridgehead atoms. The van der Waals surface area contributed by atoms with Crippen molar-refractivity contribution in [3.8, 4) is 0 Å². The maximum absolute atomic E-state index is 11.3. The number of rotatable bonds is 3. The van der Waals surface area contributed by atoms with Gasteiger partial charge in [0.25, 0.3) is 0 Å². The minimum atomic E-state index is -0.647. The highest BCUT2D eigenvalue weighted by Crippen LogP contribution is 2.14. The summed E-state index contributed by atoms with van der Waals surface area (Å²) in [5, 5.41) is 11.3. The molecule has 0 aromatic heterocycles. The number of carbonyl (C=O) groups is 1. The number of oxime groups is 1. The molecule has 0 aliphatic heterocycles. The SMILES string of the molecule is COC(=O)C(C=NO)c1ccccc1. The molecule has 0 aliphatic rings. The maximum atomic E-state index is 11.3. The first-order valence-electron chi connectivity index (χ1n) is 4.10. The second-order valence-corrected chi connectivity index (χ2v) is 2.68. The zero-order valence-corrected chi connectivity index (χ0v) is 7.75. The fraction of sp³-hybridized carbons (Fsp3) is 0.200. The molecule has 0 spiro atoms. The Kier molecular flexibility index (Phi) is 3.67. The van der Waals surface area contributed by atoms with Crippen LogP contribution in [-0.2, 0) is 9.53 Å². The van der Waals surface area contributed by atoms with E-state index in [9.17, 15) is 4.79 Å². The van der Waals surface area contributed by atoms with E-state index in [1.165, 1.54) is 7.11 Å². The van der Waals surface area contributed by atoms with E-state index in [2.05, 4.69) is 9.89 Å². The third kappa shape index (κ3) is 2.32. The first kappa shape index (κ1) is 10.2. The van der Waals surface area contributed by atoms with E-state index >= 15 is 0 Å². The molecule has 1 unspecified atom stereocenters.